The fourth-order valence-corrected chi connectivity index (χ4v) is 3.19. The fraction of sp³-hybridized carbons (Fsp3) is 1.00. The molecule has 2 aliphatic rings. The van der Waals surface area contributed by atoms with Gasteiger partial charge in [-0.15, -0.1) is 0 Å². The van der Waals surface area contributed by atoms with E-state index in [4.69, 9.17) is 4.74 Å². The first-order valence-corrected chi connectivity index (χ1v) is 7.82. The van der Waals surface area contributed by atoms with E-state index in [9.17, 15) is 0 Å². The van der Waals surface area contributed by atoms with E-state index in [0.717, 1.165) is 12.8 Å². The topological polar surface area (TPSA) is 34.0 Å². The summed E-state index contributed by atoms with van der Waals surface area (Å²) in [5.41, 5.74) is -0.289. The molecule has 2 saturated carbocycles. The predicted molar refractivity (Wildman–Crippen MR) is 73.8 cm³/mol. The Balaban J connectivity index is 1.94. The van der Waals surface area contributed by atoms with E-state index >= 15 is 0 Å². The van der Waals surface area contributed by atoms with Gasteiger partial charge >= 0.3 is 0 Å². The van der Waals surface area contributed by atoms with Crippen LogP contribution < -0.4 is 0 Å². The molecule has 0 bridgehead atoms. The van der Waals surface area contributed by atoms with Crippen molar-refractivity contribution in [2.45, 2.75) is 88.8 Å². The SMILES string of the molecule is COC1(/N=N/C2CCCCCC2)CCCCCC1. The lowest BCUT2D eigenvalue weighted by molar-refractivity contribution is -0.0224. The first-order chi connectivity index (χ1) is 8.85. The van der Waals surface area contributed by atoms with E-state index in [1.807, 2.05) is 0 Å². The first kappa shape index (κ1) is 14.0. The van der Waals surface area contributed by atoms with Crippen LogP contribution in [0.3, 0.4) is 0 Å². The van der Waals surface area contributed by atoms with Crippen molar-refractivity contribution in [1.82, 2.24) is 0 Å². The van der Waals surface area contributed by atoms with Crippen molar-refractivity contribution in [2.75, 3.05) is 7.11 Å². The number of methoxy groups -OCH3 is 1. The van der Waals surface area contributed by atoms with Crippen LogP contribution in [0.2, 0.25) is 0 Å². The van der Waals surface area contributed by atoms with E-state index in [2.05, 4.69) is 10.2 Å². The van der Waals surface area contributed by atoms with Crippen LogP contribution in [-0.2, 0) is 4.74 Å². The molecule has 0 amide bonds. The lowest BCUT2D eigenvalue weighted by Gasteiger charge is -2.26. The maximum absolute atomic E-state index is 5.72. The van der Waals surface area contributed by atoms with Crippen molar-refractivity contribution < 1.29 is 4.74 Å². The Labute approximate surface area is 111 Å². The molecule has 0 heterocycles. The summed E-state index contributed by atoms with van der Waals surface area (Å²) in [6.07, 6.45) is 15.1. The predicted octanol–water partition coefficient (Wildman–Crippen LogP) is 4.86. The molecule has 0 unspecified atom stereocenters. The highest BCUT2D eigenvalue weighted by atomic mass is 16.5. The molecular formula is C15H28N2O. The average Bonchev–Trinajstić information content (AvgIpc) is 2.80. The molecule has 0 aromatic rings. The third-order valence-electron chi connectivity index (χ3n) is 4.49. The van der Waals surface area contributed by atoms with Gasteiger partial charge in [-0.2, -0.15) is 10.2 Å². The van der Waals surface area contributed by atoms with Gasteiger partial charge in [0.15, 0.2) is 5.72 Å². The number of hydrogen-bond acceptors (Lipinski definition) is 3. The van der Waals surface area contributed by atoms with E-state index < -0.39 is 0 Å². The van der Waals surface area contributed by atoms with Crippen molar-refractivity contribution in [1.29, 1.82) is 0 Å². The van der Waals surface area contributed by atoms with Crippen molar-refractivity contribution in [3.8, 4) is 0 Å². The minimum atomic E-state index is -0.289. The molecule has 0 aromatic carbocycles. The summed E-state index contributed by atoms with van der Waals surface area (Å²) in [6, 6.07) is 0.461. The Hall–Kier alpha value is -0.440. The largest absolute Gasteiger partial charge is 0.355 e. The Morgan fingerprint density at radius 1 is 0.833 bits per heavy atom. The van der Waals surface area contributed by atoms with E-state index in [1.165, 1.54) is 64.2 Å². The number of azo groups is 1. The van der Waals surface area contributed by atoms with E-state index in [0.29, 0.717) is 6.04 Å². The van der Waals surface area contributed by atoms with Crippen molar-refractivity contribution in [3.63, 3.8) is 0 Å². The highest BCUT2D eigenvalue weighted by Crippen LogP contribution is 2.32. The summed E-state index contributed by atoms with van der Waals surface area (Å²) in [7, 11) is 1.80. The van der Waals surface area contributed by atoms with Crippen molar-refractivity contribution in [3.05, 3.63) is 0 Å². The normalized spacial score (nSPS) is 26.9. The van der Waals surface area contributed by atoms with Gasteiger partial charge in [0, 0.05) is 7.11 Å². The number of rotatable bonds is 3. The van der Waals surface area contributed by atoms with Gasteiger partial charge in [-0.05, 0) is 38.5 Å². The minimum absolute atomic E-state index is 0.289. The molecule has 2 fully saturated rings. The zero-order valence-corrected chi connectivity index (χ0v) is 11.9. The number of hydrogen-bond donors (Lipinski definition) is 0. The second-order valence-corrected chi connectivity index (χ2v) is 5.93. The molecule has 0 aromatic heterocycles. The van der Waals surface area contributed by atoms with Gasteiger partial charge in [-0.1, -0.05) is 38.5 Å². The maximum atomic E-state index is 5.72. The lowest BCUT2D eigenvalue weighted by atomic mass is 10.1. The molecule has 104 valence electrons. The third kappa shape index (κ3) is 4.04. The zero-order chi connectivity index (χ0) is 12.7. The first-order valence-electron chi connectivity index (χ1n) is 7.82. The van der Waals surface area contributed by atoms with Crippen LogP contribution in [0.1, 0.15) is 77.0 Å². The minimum Gasteiger partial charge on any atom is -0.355 e. The van der Waals surface area contributed by atoms with Gasteiger partial charge in [-0.25, -0.2) is 0 Å². The zero-order valence-electron chi connectivity index (χ0n) is 11.9. The highest BCUT2D eigenvalue weighted by Gasteiger charge is 2.30. The Kier molecular flexibility index (Phi) is 5.61. The Bertz CT molecular complexity index is 249. The van der Waals surface area contributed by atoms with Crippen LogP contribution in [0.4, 0.5) is 0 Å². The quantitative estimate of drug-likeness (QED) is 0.521. The standard InChI is InChI=1S/C15H28N2O/c1-18-15(12-8-4-5-9-13-15)17-16-14-10-6-2-3-7-11-14/h14H,2-13H2,1H3/b17-16+. The Morgan fingerprint density at radius 3 is 1.94 bits per heavy atom. The number of ether oxygens (including phenoxy) is 1. The molecule has 0 aliphatic heterocycles. The second-order valence-electron chi connectivity index (χ2n) is 5.93. The van der Waals surface area contributed by atoms with Crippen molar-refractivity contribution in [2.24, 2.45) is 10.2 Å². The van der Waals surface area contributed by atoms with Gasteiger partial charge in [0.05, 0.1) is 6.04 Å². The van der Waals surface area contributed by atoms with E-state index in [1.54, 1.807) is 7.11 Å². The molecule has 0 N–H and O–H groups in total. The smallest absolute Gasteiger partial charge is 0.178 e. The van der Waals surface area contributed by atoms with Crippen LogP contribution >= 0.6 is 0 Å². The highest BCUT2D eigenvalue weighted by molar-refractivity contribution is 4.80. The van der Waals surface area contributed by atoms with Crippen LogP contribution in [-0.4, -0.2) is 18.9 Å². The average molecular weight is 252 g/mol. The third-order valence-corrected chi connectivity index (χ3v) is 4.49. The van der Waals surface area contributed by atoms with Gasteiger partial charge in [0.2, 0.25) is 0 Å². The fourth-order valence-electron chi connectivity index (χ4n) is 3.19. The van der Waals surface area contributed by atoms with Crippen LogP contribution in [0.5, 0.6) is 0 Å². The van der Waals surface area contributed by atoms with Gasteiger partial charge in [0.1, 0.15) is 0 Å². The summed E-state index contributed by atoms with van der Waals surface area (Å²) < 4.78 is 5.72. The van der Waals surface area contributed by atoms with Gasteiger partial charge in [-0.3, -0.25) is 0 Å². The van der Waals surface area contributed by atoms with Gasteiger partial charge in [0.25, 0.3) is 0 Å². The molecule has 0 radical (unpaired) electrons. The van der Waals surface area contributed by atoms with Crippen LogP contribution in [0, 0.1) is 0 Å². The maximum Gasteiger partial charge on any atom is 0.178 e. The van der Waals surface area contributed by atoms with Crippen LogP contribution in [0.25, 0.3) is 0 Å². The summed E-state index contributed by atoms with van der Waals surface area (Å²) in [5.74, 6) is 0. The molecule has 3 nitrogen and oxygen atoms in total. The molecule has 0 atom stereocenters. The van der Waals surface area contributed by atoms with Crippen LogP contribution in [0.15, 0.2) is 10.2 Å². The summed E-state index contributed by atoms with van der Waals surface area (Å²) in [4.78, 5) is 0. The molecular weight excluding hydrogens is 224 g/mol. The summed E-state index contributed by atoms with van der Waals surface area (Å²) in [6.45, 7) is 0. The second kappa shape index (κ2) is 7.22. The molecule has 3 heteroatoms. The summed E-state index contributed by atoms with van der Waals surface area (Å²) in [5, 5.41) is 9.31. The van der Waals surface area contributed by atoms with Gasteiger partial charge < -0.3 is 4.74 Å². The lowest BCUT2D eigenvalue weighted by Crippen LogP contribution is -2.28. The molecule has 0 saturated heterocycles. The van der Waals surface area contributed by atoms with Crippen molar-refractivity contribution >= 4 is 0 Å². The number of nitrogens with zero attached hydrogens (tertiary/aromatic N) is 2. The monoisotopic (exact) mass is 252 g/mol. The molecule has 0 spiro atoms. The molecule has 2 rings (SSSR count). The molecule has 2 aliphatic carbocycles. The molecule has 18 heavy (non-hydrogen) atoms. The Morgan fingerprint density at radius 2 is 1.39 bits per heavy atom. The summed E-state index contributed by atoms with van der Waals surface area (Å²) >= 11 is 0. The van der Waals surface area contributed by atoms with E-state index in [-0.39, 0.29) is 5.72 Å².